The number of rotatable bonds is 0. The summed E-state index contributed by atoms with van der Waals surface area (Å²) in [6.07, 6.45) is 5.36. The van der Waals surface area contributed by atoms with Crippen LogP contribution in [0.1, 0.15) is 0 Å². The number of fused-ring (bicyclic) bond motifs is 2. The van der Waals surface area contributed by atoms with E-state index in [0.29, 0.717) is 0 Å². The molecule has 0 aliphatic rings. The van der Waals surface area contributed by atoms with Gasteiger partial charge in [0.15, 0.2) is 0 Å². The molecule has 4 nitrogen and oxygen atoms in total. The summed E-state index contributed by atoms with van der Waals surface area (Å²) in [6, 6.07) is 13.9. The molecule has 18 heavy (non-hydrogen) atoms. The Morgan fingerprint density at radius 1 is 0.833 bits per heavy atom. The second kappa shape index (κ2) is 4.71. The third kappa shape index (κ3) is 2.08. The van der Waals surface area contributed by atoms with Gasteiger partial charge in [-0.15, -0.1) is 0 Å². The lowest BCUT2D eigenvalue weighted by Crippen LogP contribution is -1.70. The Morgan fingerprint density at radius 3 is 2.67 bits per heavy atom. The molecule has 4 heteroatoms. The van der Waals surface area contributed by atoms with Gasteiger partial charge in [-0.05, 0) is 30.3 Å². The lowest BCUT2D eigenvalue weighted by Gasteiger charge is -1.82. The highest BCUT2D eigenvalue weighted by atomic mass is 14.9. The first-order valence-electron chi connectivity index (χ1n) is 5.70. The summed E-state index contributed by atoms with van der Waals surface area (Å²) < 4.78 is 0. The van der Waals surface area contributed by atoms with E-state index in [0.717, 1.165) is 22.1 Å². The second-order valence-corrected chi connectivity index (χ2v) is 3.84. The van der Waals surface area contributed by atoms with Gasteiger partial charge in [-0.1, -0.05) is 12.1 Å². The zero-order chi connectivity index (χ0) is 12.2. The maximum Gasteiger partial charge on any atom is 0.137 e. The van der Waals surface area contributed by atoms with Crippen LogP contribution in [0, 0.1) is 0 Å². The van der Waals surface area contributed by atoms with E-state index in [1.807, 2.05) is 48.7 Å². The van der Waals surface area contributed by atoms with Crippen molar-refractivity contribution in [2.45, 2.75) is 0 Å². The van der Waals surface area contributed by atoms with Gasteiger partial charge in [0.2, 0.25) is 0 Å². The smallest absolute Gasteiger partial charge is 0.137 e. The van der Waals surface area contributed by atoms with E-state index in [-0.39, 0.29) is 0 Å². The summed E-state index contributed by atoms with van der Waals surface area (Å²) in [5.74, 6) is 0. The van der Waals surface area contributed by atoms with Crippen LogP contribution in [0.4, 0.5) is 0 Å². The Balaban J connectivity index is 0.000000111. The molecule has 88 valence electrons. The van der Waals surface area contributed by atoms with Crippen molar-refractivity contribution in [1.82, 2.24) is 19.9 Å². The monoisotopic (exact) mass is 236 g/mol. The van der Waals surface area contributed by atoms with Crippen molar-refractivity contribution in [2.75, 3.05) is 0 Å². The second-order valence-electron chi connectivity index (χ2n) is 3.84. The van der Waals surface area contributed by atoms with Crippen molar-refractivity contribution in [3.8, 4) is 0 Å². The quantitative estimate of drug-likeness (QED) is 0.493. The SMILES string of the molecule is c1ccc2[nH]cnc2c1.c1cnc2[nH]ccc2c1. The number of hydrogen-bond donors (Lipinski definition) is 2. The molecule has 0 aliphatic carbocycles. The van der Waals surface area contributed by atoms with E-state index < -0.39 is 0 Å². The molecule has 0 fully saturated rings. The number of hydrogen-bond acceptors (Lipinski definition) is 2. The number of benzene rings is 1. The van der Waals surface area contributed by atoms with E-state index >= 15 is 0 Å². The summed E-state index contributed by atoms with van der Waals surface area (Å²) in [5, 5.41) is 1.16. The fourth-order valence-corrected chi connectivity index (χ4v) is 1.76. The van der Waals surface area contributed by atoms with Crippen molar-refractivity contribution in [2.24, 2.45) is 0 Å². The van der Waals surface area contributed by atoms with Crippen LogP contribution < -0.4 is 0 Å². The van der Waals surface area contributed by atoms with Gasteiger partial charge in [-0.25, -0.2) is 9.97 Å². The molecule has 0 atom stereocenters. The van der Waals surface area contributed by atoms with Gasteiger partial charge in [-0.3, -0.25) is 0 Å². The van der Waals surface area contributed by atoms with E-state index in [9.17, 15) is 0 Å². The molecular weight excluding hydrogens is 224 g/mol. The van der Waals surface area contributed by atoms with Gasteiger partial charge in [0, 0.05) is 17.8 Å². The van der Waals surface area contributed by atoms with Gasteiger partial charge in [0.05, 0.1) is 17.4 Å². The van der Waals surface area contributed by atoms with Crippen LogP contribution in [0.5, 0.6) is 0 Å². The minimum absolute atomic E-state index is 0.956. The van der Waals surface area contributed by atoms with E-state index in [1.165, 1.54) is 0 Å². The normalized spacial score (nSPS) is 10.2. The highest BCUT2D eigenvalue weighted by molar-refractivity contribution is 5.74. The molecule has 4 aromatic rings. The van der Waals surface area contributed by atoms with Crippen LogP contribution in [-0.2, 0) is 0 Å². The molecule has 0 unspecified atom stereocenters. The Morgan fingerprint density at radius 2 is 1.78 bits per heavy atom. The van der Waals surface area contributed by atoms with Crippen molar-refractivity contribution in [3.05, 3.63) is 61.2 Å². The number of pyridine rings is 1. The Labute approximate surface area is 104 Å². The topological polar surface area (TPSA) is 57.4 Å². The average Bonchev–Trinajstić information content (AvgIpc) is 3.08. The van der Waals surface area contributed by atoms with Crippen LogP contribution in [0.25, 0.3) is 22.1 Å². The molecule has 0 radical (unpaired) electrons. The molecule has 2 N–H and O–H groups in total. The number of imidazole rings is 1. The molecule has 4 rings (SSSR count). The third-order valence-electron chi connectivity index (χ3n) is 2.65. The maximum atomic E-state index is 4.09. The van der Waals surface area contributed by atoms with Crippen LogP contribution >= 0.6 is 0 Å². The Kier molecular flexibility index (Phi) is 2.75. The van der Waals surface area contributed by atoms with Crippen LogP contribution in [0.2, 0.25) is 0 Å². The van der Waals surface area contributed by atoms with Crippen LogP contribution in [-0.4, -0.2) is 19.9 Å². The largest absolute Gasteiger partial charge is 0.346 e. The lowest BCUT2D eigenvalue weighted by molar-refractivity contribution is 1.33. The fraction of sp³-hybridized carbons (Fsp3) is 0. The maximum absolute atomic E-state index is 4.09. The van der Waals surface area contributed by atoms with Crippen LogP contribution in [0.15, 0.2) is 61.2 Å². The summed E-state index contributed by atoms with van der Waals surface area (Å²) in [4.78, 5) is 14.2. The number of aromatic amines is 2. The number of para-hydroxylation sites is 2. The fourth-order valence-electron chi connectivity index (χ4n) is 1.76. The van der Waals surface area contributed by atoms with Gasteiger partial charge < -0.3 is 9.97 Å². The molecule has 0 spiro atoms. The zero-order valence-electron chi connectivity index (χ0n) is 9.67. The molecule has 0 amide bonds. The first-order valence-corrected chi connectivity index (χ1v) is 5.70. The lowest BCUT2D eigenvalue weighted by atomic mass is 10.3. The first-order chi connectivity index (χ1) is 8.93. The first kappa shape index (κ1) is 10.5. The molecule has 1 aromatic carbocycles. The van der Waals surface area contributed by atoms with Crippen molar-refractivity contribution in [1.29, 1.82) is 0 Å². The molecule has 0 bridgehead atoms. The minimum Gasteiger partial charge on any atom is -0.346 e. The molecular formula is C14H12N4. The molecule has 0 aliphatic heterocycles. The molecule has 3 aromatic heterocycles. The standard InChI is InChI=1S/2C7H6N2/c1-2-6-3-5-9-7(6)8-4-1;1-2-4-7-6(3-1)8-5-9-7/h2*1-5H,(H,8,9). The third-order valence-corrected chi connectivity index (χ3v) is 2.65. The number of nitrogens with one attached hydrogen (secondary N) is 2. The van der Waals surface area contributed by atoms with Crippen molar-refractivity contribution < 1.29 is 0 Å². The predicted molar refractivity (Wildman–Crippen MR) is 72.2 cm³/mol. The highest BCUT2D eigenvalue weighted by Crippen LogP contribution is 2.06. The predicted octanol–water partition coefficient (Wildman–Crippen LogP) is 3.13. The van der Waals surface area contributed by atoms with Gasteiger partial charge in [0.25, 0.3) is 0 Å². The summed E-state index contributed by atoms with van der Waals surface area (Å²) in [7, 11) is 0. The summed E-state index contributed by atoms with van der Waals surface area (Å²) in [5.41, 5.74) is 3.08. The highest BCUT2D eigenvalue weighted by Gasteiger charge is 1.89. The van der Waals surface area contributed by atoms with E-state index in [4.69, 9.17) is 0 Å². The van der Waals surface area contributed by atoms with Crippen molar-refractivity contribution in [3.63, 3.8) is 0 Å². The Bertz CT molecular complexity index is 628. The average molecular weight is 236 g/mol. The van der Waals surface area contributed by atoms with Gasteiger partial charge >= 0.3 is 0 Å². The van der Waals surface area contributed by atoms with E-state index in [2.05, 4.69) is 19.9 Å². The zero-order valence-corrected chi connectivity index (χ0v) is 9.67. The van der Waals surface area contributed by atoms with Crippen molar-refractivity contribution >= 4 is 22.1 Å². The number of aromatic nitrogens is 4. The minimum atomic E-state index is 0.956. The number of H-pyrrole nitrogens is 2. The molecule has 0 saturated heterocycles. The Hall–Kier alpha value is -2.62. The van der Waals surface area contributed by atoms with Crippen LogP contribution in [0.3, 0.4) is 0 Å². The summed E-state index contributed by atoms with van der Waals surface area (Å²) in [6.45, 7) is 0. The van der Waals surface area contributed by atoms with E-state index in [1.54, 1.807) is 12.5 Å². The molecule has 3 heterocycles. The van der Waals surface area contributed by atoms with Gasteiger partial charge in [0.1, 0.15) is 5.65 Å². The van der Waals surface area contributed by atoms with Gasteiger partial charge in [-0.2, -0.15) is 0 Å². The molecule has 0 saturated carbocycles. The number of nitrogens with zero attached hydrogens (tertiary/aromatic N) is 2. The summed E-state index contributed by atoms with van der Waals surface area (Å²) >= 11 is 0.